The Morgan fingerprint density at radius 3 is 3.06 bits per heavy atom. The van der Waals surface area contributed by atoms with E-state index in [2.05, 4.69) is 10.1 Å². The van der Waals surface area contributed by atoms with Gasteiger partial charge >= 0.3 is 0 Å². The molecule has 1 aromatic heterocycles. The number of nitrogen functional groups attached to an aromatic ring is 1. The summed E-state index contributed by atoms with van der Waals surface area (Å²) in [5, 5.41) is 3.78. The molecule has 0 amide bonds. The number of methoxy groups -OCH3 is 1. The van der Waals surface area contributed by atoms with Crippen molar-refractivity contribution in [1.82, 2.24) is 10.1 Å². The predicted molar refractivity (Wildman–Crippen MR) is 58.7 cm³/mol. The number of hydrogen-bond acceptors (Lipinski definition) is 5. The molecule has 0 bridgehead atoms. The molecule has 0 fully saturated rings. The third-order valence-electron chi connectivity index (χ3n) is 2.09. The van der Waals surface area contributed by atoms with Crippen LogP contribution in [0.25, 0.3) is 0 Å². The van der Waals surface area contributed by atoms with Crippen LogP contribution >= 0.6 is 0 Å². The summed E-state index contributed by atoms with van der Waals surface area (Å²) in [5.41, 5.74) is 7.46. The fourth-order valence-electron chi connectivity index (χ4n) is 1.43. The Kier molecular flexibility index (Phi) is 3.16. The normalized spacial score (nSPS) is 10.6. The fraction of sp³-hybridized carbons (Fsp3) is 0.273. The molecule has 1 heterocycles. The molecular weight excluding hydrogens is 206 g/mol. The number of nitrogens with zero attached hydrogens (tertiary/aromatic N) is 2. The van der Waals surface area contributed by atoms with Crippen LogP contribution in [0.2, 0.25) is 0 Å². The van der Waals surface area contributed by atoms with Crippen LogP contribution in [0.15, 0.2) is 28.8 Å². The average molecular weight is 219 g/mol. The van der Waals surface area contributed by atoms with Crippen molar-refractivity contribution in [1.29, 1.82) is 0 Å². The number of hydrogen-bond donors (Lipinski definition) is 1. The standard InChI is InChI=1S/C11H13N3O2/c1-15-7-10-13-11(16-14-10)6-8-3-2-4-9(12)5-8/h2-5H,6-7,12H2,1H3. The fourth-order valence-corrected chi connectivity index (χ4v) is 1.43. The molecule has 0 unspecified atom stereocenters. The van der Waals surface area contributed by atoms with Crippen LogP contribution in [0, 0.1) is 0 Å². The van der Waals surface area contributed by atoms with Gasteiger partial charge in [-0.2, -0.15) is 4.98 Å². The van der Waals surface area contributed by atoms with E-state index in [0.29, 0.717) is 24.7 Å². The Balaban J connectivity index is 2.08. The van der Waals surface area contributed by atoms with E-state index in [4.69, 9.17) is 15.0 Å². The van der Waals surface area contributed by atoms with Crippen LogP contribution in [0.3, 0.4) is 0 Å². The second-order valence-electron chi connectivity index (χ2n) is 3.46. The molecule has 0 aliphatic rings. The van der Waals surface area contributed by atoms with Gasteiger partial charge in [0, 0.05) is 12.8 Å². The molecule has 2 N–H and O–H groups in total. The highest BCUT2D eigenvalue weighted by molar-refractivity contribution is 5.41. The van der Waals surface area contributed by atoms with Crippen LogP contribution in [0.5, 0.6) is 0 Å². The largest absolute Gasteiger partial charge is 0.399 e. The lowest BCUT2D eigenvalue weighted by molar-refractivity contribution is 0.174. The van der Waals surface area contributed by atoms with E-state index in [1.807, 2.05) is 24.3 Å². The summed E-state index contributed by atoms with van der Waals surface area (Å²) in [4.78, 5) is 4.18. The zero-order valence-corrected chi connectivity index (χ0v) is 9.01. The molecule has 0 saturated carbocycles. The maximum absolute atomic E-state index is 5.68. The molecule has 0 atom stereocenters. The van der Waals surface area contributed by atoms with E-state index in [9.17, 15) is 0 Å². The summed E-state index contributed by atoms with van der Waals surface area (Å²) in [6.07, 6.45) is 0.585. The monoisotopic (exact) mass is 219 g/mol. The van der Waals surface area contributed by atoms with Crippen molar-refractivity contribution in [3.63, 3.8) is 0 Å². The molecule has 0 radical (unpaired) electrons. The van der Waals surface area contributed by atoms with E-state index >= 15 is 0 Å². The minimum atomic E-state index is 0.362. The van der Waals surface area contributed by atoms with E-state index in [1.165, 1.54) is 0 Å². The Labute approximate surface area is 93.2 Å². The molecule has 0 saturated heterocycles. The van der Waals surface area contributed by atoms with Crippen LogP contribution in [0.1, 0.15) is 17.3 Å². The summed E-state index contributed by atoms with van der Waals surface area (Å²) in [7, 11) is 1.59. The first-order valence-electron chi connectivity index (χ1n) is 4.93. The van der Waals surface area contributed by atoms with E-state index in [-0.39, 0.29) is 0 Å². The van der Waals surface area contributed by atoms with Crippen molar-refractivity contribution >= 4 is 5.69 Å². The number of aromatic nitrogens is 2. The summed E-state index contributed by atoms with van der Waals surface area (Å²) in [6.45, 7) is 0.362. The lowest BCUT2D eigenvalue weighted by atomic mass is 10.1. The molecule has 5 heteroatoms. The van der Waals surface area contributed by atoms with Gasteiger partial charge in [-0.3, -0.25) is 0 Å². The van der Waals surface area contributed by atoms with Gasteiger partial charge in [0.05, 0.1) is 6.42 Å². The Morgan fingerprint density at radius 1 is 1.44 bits per heavy atom. The Hall–Kier alpha value is -1.88. The predicted octanol–water partition coefficient (Wildman–Crippen LogP) is 1.39. The first-order chi connectivity index (χ1) is 7.78. The molecule has 2 rings (SSSR count). The maximum atomic E-state index is 5.68. The minimum Gasteiger partial charge on any atom is -0.399 e. The smallest absolute Gasteiger partial charge is 0.231 e. The quantitative estimate of drug-likeness (QED) is 0.786. The first-order valence-corrected chi connectivity index (χ1v) is 4.93. The number of ether oxygens (including phenoxy) is 1. The highest BCUT2D eigenvalue weighted by Gasteiger charge is 2.06. The first kappa shape index (κ1) is 10.6. The second-order valence-corrected chi connectivity index (χ2v) is 3.46. The molecule has 0 spiro atoms. The summed E-state index contributed by atoms with van der Waals surface area (Å²) < 4.78 is 9.98. The van der Waals surface area contributed by atoms with Crippen molar-refractivity contribution in [3.8, 4) is 0 Å². The molecule has 0 aliphatic carbocycles. The van der Waals surface area contributed by atoms with Gasteiger partial charge in [0.25, 0.3) is 0 Å². The summed E-state index contributed by atoms with van der Waals surface area (Å²) >= 11 is 0. The topological polar surface area (TPSA) is 74.2 Å². The lowest BCUT2D eigenvalue weighted by Crippen LogP contribution is -1.93. The zero-order chi connectivity index (χ0) is 11.4. The van der Waals surface area contributed by atoms with Crippen molar-refractivity contribution in [2.45, 2.75) is 13.0 Å². The van der Waals surface area contributed by atoms with Crippen LogP contribution in [0.4, 0.5) is 5.69 Å². The molecule has 0 aliphatic heterocycles. The summed E-state index contributed by atoms with van der Waals surface area (Å²) in [6, 6.07) is 7.60. The minimum absolute atomic E-state index is 0.362. The van der Waals surface area contributed by atoms with Crippen molar-refractivity contribution < 1.29 is 9.26 Å². The second kappa shape index (κ2) is 4.76. The maximum Gasteiger partial charge on any atom is 0.231 e. The third-order valence-corrected chi connectivity index (χ3v) is 2.09. The number of anilines is 1. The highest BCUT2D eigenvalue weighted by Crippen LogP contribution is 2.11. The zero-order valence-electron chi connectivity index (χ0n) is 9.01. The molecule has 16 heavy (non-hydrogen) atoms. The average Bonchev–Trinajstić information content (AvgIpc) is 2.66. The molecule has 1 aromatic carbocycles. The number of nitrogens with two attached hydrogens (primary N) is 1. The van der Waals surface area contributed by atoms with Crippen LogP contribution in [-0.4, -0.2) is 17.3 Å². The Bertz CT molecular complexity index is 468. The third kappa shape index (κ3) is 2.58. The van der Waals surface area contributed by atoms with Gasteiger partial charge in [0.2, 0.25) is 5.89 Å². The van der Waals surface area contributed by atoms with Crippen molar-refractivity contribution in [2.24, 2.45) is 0 Å². The van der Waals surface area contributed by atoms with Crippen molar-refractivity contribution in [2.75, 3.05) is 12.8 Å². The van der Waals surface area contributed by atoms with Crippen LogP contribution < -0.4 is 5.73 Å². The SMILES string of the molecule is COCc1noc(Cc2cccc(N)c2)n1. The molecule has 2 aromatic rings. The van der Waals surface area contributed by atoms with Gasteiger partial charge in [0.1, 0.15) is 6.61 Å². The molecule has 5 nitrogen and oxygen atoms in total. The lowest BCUT2D eigenvalue weighted by Gasteiger charge is -1.97. The van der Waals surface area contributed by atoms with Gasteiger partial charge < -0.3 is 15.0 Å². The van der Waals surface area contributed by atoms with Gasteiger partial charge in [-0.25, -0.2) is 0 Å². The Morgan fingerprint density at radius 2 is 2.31 bits per heavy atom. The highest BCUT2D eigenvalue weighted by atomic mass is 16.5. The summed E-state index contributed by atoms with van der Waals surface area (Å²) in [5.74, 6) is 1.12. The molecular formula is C11H13N3O2. The van der Waals surface area contributed by atoms with E-state index in [1.54, 1.807) is 7.11 Å². The van der Waals surface area contributed by atoms with Crippen LogP contribution in [-0.2, 0) is 17.8 Å². The van der Waals surface area contributed by atoms with Gasteiger partial charge in [-0.1, -0.05) is 17.3 Å². The number of benzene rings is 1. The number of rotatable bonds is 4. The van der Waals surface area contributed by atoms with Crippen molar-refractivity contribution in [3.05, 3.63) is 41.5 Å². The van der Waals surface area contributed by atoms with Gasteiger partial charge in [0.15, 0.2) is 5.82 Å². The van der Waals surface area contributed by atoms with E-state index in [0.717, 1.165) is 11.3 Å². The van der Waals surface area contributed by atoms with Gasteiger partial charge in [-0.15, -0.1) is 0 Å². The van der Waals surface area contributed by atoms with Gasteiger partial charge in [-0.05, 0) is 17.7 Å². The molecule has 84 valence electrons. The van der Waals surface area contributed by atoms with E-state index < -0.39 is 0 Å².